The van der Waals surface area contributed by atoms with Crippen LogP contribution in [0, 0.1) is 0 Å². The lowest BCUT2D eigenvalue weighted by Gasteiger charge is -2.14. The Morgan fingerprint density at radius 3 is 2.48 bits per heavy atom. The van der Waals surface area contributed by atoms with E-state index in [9.17, 15) is 13.6 Å². The van der Waals surface area contributed by atoms with Crippen molar-refractivity contribution >= 4 is 23.9 Å². The van der Waals surface area contributed by atoms with Crippen LogP contribution in [0.4, 0.5) is 8.78 Å². The number of aromatic nitrogens is 3. The summed E-state index contributed by atoms with van der Waals surface area (Å²) in [6, 6.07) is 6.23. The summed E-state index contributed by atoms with van der Waals surface area (Å²) in [5, 5.41) is 11.5. The minimum Gasteiger partial charge on any atom is -0.493 e. The van der Waals surface area contributed by atoms with Crippen LogP contribution >= 0.6 is 11.8 Å². The third-order valence-electron chi connectivity index (χ3n) is 4.23. The lowest BCUT2D eigenvalue weighted by atomic mass is 10.2. The number of carbonyl (C=O) groups is 1. The maximum Gasteiger partial charge on any atom is 0.373 e. The van der Waals surface area contributed by atoms with Crippen LogP contribution in [0.3, 0.4) is 0 Å². The van der Waals surface area contributed by atoms with Gasteiger partial charge in [-0.05, 0) is 30.5 Å². The van der Waals surface area contributed by atoms with Crippen molar-refractivity contribution in [3.05, 3.63) is 47.2 Å². The zero-order chi connectivity index (χ0) is 24.0. The molecule has 3 aromatic rings. The molecule has 0 saturated carbocycles. The zero-order valence-electron chi connectivity index (χ0n) is 18.1. The van der Waals surface area contributed by atoms with E-state index in [-0.39, 0.29) is 23.3 Å². The molecule has 176 valence electrons. The molecule has 0 amide bonds. The highest BCUT2D eigenvalue weighted by molar-refractivity contribution is 7.98. The van der Waals surface area contributed by atoms with Crippen molar-refractivity contribution in [1.82, 2.24) is 14.9 Å². The van der Waals surface area contributed by atoms with Gasteiger partial charge in [0.05, 0.1) is 27.5 Å². The van der Waals surface area contributed by atoms with E-state index < -0.39 is 18.2 Å². The maximum atomic E-state index is 13.2. The van der Waals surface area contributed by atoms with Crippen molar-refractivity contribution in [2.75, 3.05) is 27.6 Å². The van der Waals surface area contributed by atoms with Gasteiger partial charge in [0.1, 0.15) is 12.4 Å². The number of furan rings is 1. The molecular weight excluding hydrogens is 462 g/mol. The topological polar surface area (TPSA) is 110 Å². The summed E-state index contributed by atoms with van der Waals surface area (Å²) in [7, 11) is 4.12. The lowest BCUT2D eigenvalue weighted by Crippen LogP contribution is -2.03. The van der Waals surface area contributed by atoms with E-state index >= 15 is 0 Å². The monoisotopic (exact) mass is 482 g/mol. The van der Waals surface area contributed by atoms with Gasteiger partial charge in [0.25, 0.3) is 6.43 Å². The Bertz CT molecular complexity index is 1120. The van der Waals surface area contributed by atoms with Crippen LogP contribution in [0.25, 0.3) is 0 Å². The van der Waals surface area contributed by atoms with Crippen LogP contribution in [0.1, 0.15) is 34.1 Å². The number of benzene rings is 1. The Hall–Kier alpha value is -3.61. The van der Waals surface area contributed by atoms with E-state index in [4.69, 9.17) is 18.6 Å². The highest BCUT2D eigenvalue weighted by atomic mass is 32.2. The average molecular weight is 482 g/mol. The van der Waals surface area contributed by atoms with Crippen molar-refractivity contribution in [1.29, 1.82) is 0 Å². The predicted molar refractivity (Wildman–Crippen MR) is 114 cm³/mol. The summed E-state index contributed by atoms with van der Waals surface area (Å²) in [4.78, 5) is 11.5. The van der Waals surface area contributed by atoms with Crippen molar-refractivity contribution in [3.63, 3.8) is 0 Å². The summed E-state index contributed by atoms with van der Waals surface area (Å²) in [6.45, 7) is -0.0211. The Morgan fingerprint density at radius 1 is 1.21 bits per heavy atom. The standard InChI is InChI=1S/C20H20F2N4O6S/c1-28-14-7-11(9-23-26-18(17(21)22)24-25-20(26)33-4)8-15(29-2)16(14)31-10-12-5-6-13(32-12)19(27)30-3/h5-9,17H,10H2,1-4H3. The molecule has 2 aromatic heterocycles. The van der Waals surface area contributed by atoms with Gasteiger partial charge in [-0.3, -0.25) is 0 Å². The molecule has 0 aliphatic heterocycles. The van der Waals surface area contributed by atoms with E-state index in [2.05, 4.69) is 20.0 Å². The van der Waals surface area contributed by atoms with Gasteiger partial charge >= 0.3 is 5.97 Å². The third-order valence-corrected chi connectivity index (χ3v) is 4.85. The number of rotatable bonds is 10. The quantitative estimate of drug-likeness (QED) is 0.242. The first-order chi connectivity index (χ1) is 15.9. The molecule has 13 heteroatoms. The Balaban J connectivity index is 1.86. The molecule has 3 rings (SSSR count). The maximum absolute atomic E-state index is 13.2. The number of carbonyl (C=O) groups excluding carboxylic acids is 1. The van der Waals surface area contributed by atoms with Crippen molar-refractivity contribution < 1.29 is 36.9 Å². The highest BCUT2D eigenvalue weighted by Crippen LogP contribution is 2.39. The number of alkyl halides is 2. The fraction of sp³-hybridized carbons (Fsp3) is 0.300. The summed E-state index contributed by atoms with van der Waals surface area (Å²) < 4.78 is 53.9. The molecule has 0 spiro atoms. The van der Waals surface area contributed by atoms with Crippen LogP contribution in [-0.4, -0.2) is 54.6 Å². The van der Waals surface area contributed by atoms with Gasteiger partial charge in [-0.15, -0.1) is 10.2 Å². The van der Waals surface area contributed by atoms with Crippen LogP contribution in [0.15, 0.2) is 38.9 Å². The highest BCUT2D eigenvalue weighted by Gasteiger charge is 2.20. The first-order valence-corrected chi connectivity index (χ1v) is 10.5. The van der Waals surface area contributed by atoms with E-state index in [1.807, 2.05) is 0 Å². The average Bonchev–Trinajstić information content (AvgIpc) is 3.47. The Morgan fingerprint density at radius 2 is 1.91 bits per heavy atom. The number of methoxy groups -OCH3 is 3. The molecule has 0 aliphatic carbocycles. The zero-order valence-corrected chi connectivity index (χ0v) is 18.9. The molecule has 0 saturated heterocycles. The van der Waals surface area contributed by atoms with Crippen LogP contribution in [-0.2, 0) is 11.3 Å². The number of esters is 1. The summed E-state index contributed by atoms with van der Waals surface area (Å²) in [6.07, 6.45) is 0.187. The van der Waals surface area contributed by atoms with Gasteiger partial charge < -0.3 is 23.4 Å². The number of nitrogens with zero attached hydrogens (tertiary/aromatic N) is 4. The number of thioether (sulfide) groups is 1. The SMILES string of the molecule is COC(=O)c1ccc(COc2c(OC)cc(C=Nn3c(SC)nnc3C(F)F)cc2OC)o1. The number of halogens is 2. The van der Waals surface area contributed by atoms with Gasteiger partial charge in [0.15, 0.2) is 11.5 Å². The molecule has 0 unspecified atom stereocenters. The fourth-order valence-electron chi connectivity index (χ4n) is 2.70. The van der Waals surface area contributed by atoms with E-state index in [1.54, 1.807) is 24.5 Å². The molecule has 0 radical (unpaired) electrons. The van der Waals surface area contributed by atoms with E-state index in [0.29, 0.717) is 22.8 Å². The molecule has 1 aromatic carbocycles. The second-order valence-electron chi connectivity index (χ2n) is 6.20. The first kappa shape index (κ1) is 24.0. The number of hydrogen-bond acceptors (Lipinski definition) is 10. The Kier molecular flexibility index (Phi) is 7.87. The largest absolute Gasteiger partial charge is 0.493 e. The van der Waals surface area contributed by atoms with E-state index in [1.165, 1.54) is 33.6 Å². The lowest BCUT2D eigenvalue weighted by molar-refractivity contribution is 0.0560. The minimum absolute atomic E-state index is 0.0211. The molecule has 0 aliphatic rings. The molecule has 0 fully saturated rings. The molecule has 2 heterocycles. The predicted octanol–water partition coefficient (Wildman–Crippen LogP) is 3.80. The minimum atomic E-state index is -2.84. The summed E-state index contributed by atoms with van der Waals surface area (Å²) >= 11 is 1.13. The molecule has 0 atom stereocenters. The summed E-state index contributed by atoms with van der Waals surface area (Å²) in [5.74, 6) is 0.129. The van der Waals surface area contributed by atoms with Crippen molar-refractivity contribution in [2.24, 2.45) is 5.10 Å². The second kappa shape index (κ2) is 10.8. The molecule has 10 nitrogen and oxygen atoms in total. The fourth-order valence-corrected chi connectivity index (χ4v) is 3.14. The molecule has 0 N–H and O–H groups in total. The van der Waals surface area contributed by atoms with Gasteiger partial charge in [0, 0.05) is 5.56 Å². The molecular formula is C20H20F2N4O6S. The molecule has 33 heavy (non-hydrogen) atoms. The van der Waals surface area contributed by atoms with Gasteiger partial charge in [-0.2, -0.15) is 9.78 Å². The van der Waals surface area contributed by atoms with Crippen LogP contribution in [0.5, 0.6) is 17.2 Å². The first-order valence-electron chi connectivity index (χ1n) is 9.29. The van der Waals surface area contributed by atoms with Crippen LogP contribution in [0.2, 0.25) is 0 Å². The summed E-state index contributed by atoms with van der Waals surface area (Å²) in [5.41, 5.74) is 0.489. The van der Waals surface area contributed by atoms with Crippen molar-refractivity contribution in [3.8, 4) is 17.2 Å². The van der Waals surface area contributed by atoms with Gasteiger partial charge in [-0.1, -0.05) is 11.8 Å². The van der Waals surface area contributed by atoms with Crippen LogP contribution < -0.4 is 14.2 Å². The second-order valence-corrected chi connectivity index (χ2v) is 6.98. The van der Waals surface area contributed by atoms with Gasteiger partial charge in [-0.25, -0.2) is 13.6 Å². The van der Waals surface area contributed by atoms with E-state index in [0.717, 1.165) is 16.4 Å². The molecule has 0 bridgehead atoms. The third kappa shape index (κ3) is 5.42. The van der Waals surface area contributed by atoms with Crippen molar-refractivity contribution in [2.45, 2.75) is 18.2 Å². The number of hydrogen-bond donors (Lipinski definition) is 0. The smallest absolute Gasteiger partial charge is 0.373 e. The Labute approximate surface area is 191 Å². The number of ether oxygens (including phenoxy) is 4. The normalized spacial score (nSPS) is 11.2. The van der Waals surface area contributed by atoms with Gasteiger partial charge in [0.2, 0.25) is 22.5 Å².